The van der Waals surface area contributed by atoms with Gasteiger partial charge in [-0.15, -0.1) is 0 Å². The second-order valence-corrected chi connectivity index (χ2v) is 10.3. The molecule has 0 saturated heterocycles. The first-order valence-electron chi connectivity index (χ1n) is 12.5. The van der Waals surface area contributed by atoms with Crippen LogP contribution in [-0.4, -0.2) is 4.57 Å². The van der Waals surface area contributed by atoms with Crippen molar-refractivity contribution in [3.05, 3.63) is 126 Å². The summed E-state index contributed by atoms with van der Waals surface area (Å²) in [5.41, 5.74) is 11.2. The summed E-state index contributed by atoms with van der Waals surface area (Å²) in [5.74, 6) is 0. The van der Waals surface area contributed by atoms with Gasteiger partial charge in [-0.25, -0.2) is 0 Å². The molecule has 0 N–H and O–H groups in total. The molecule has 1 heteroatoms. The lowest BCUT2D eigenvalue weighted by Crippen LogP contribution is -2.15. The first-order chi connectivity index (χ1) is 17.5. The fraction of sp³-hybridized carbons (Fsp3) is 0.0857. The van der Waals surface area contributed by atoms with Crippen molar-refractivity contribution in [2.75, 3.05) is 0 Å². The molecule has 1 heterocycles. The Morgan fingerprint density at radius 1 is 0.694 bits per heavy atom. The van der Waals surface area contributed by atoms with Gasteiger partial charge in [0.05, 0.1) is 11.0 Å². The van der Waals surface area contributed by atoms with Crippen LogP contribution < -0.4 is 0 Å². The molecule has 0 aliphatic heterocycles. The number of hydrogen-bond donors (Lipinski definition) is 0. The summed E-state index contributed by atoms with van der Waals surface area (Å²) >= 11 is 0. The van der Waals surface area contributed by atoms with Gasteiger partial charge in [-0.05, 0) is 74.5 Å². The van der Waals surface area contributed by atoms with Crippen LogP contribution in [0.2, 0.25) is 0 Å². The minimum absolute atomic E-state index is 0.106. The molecule has 0 atom stereocenters. The highest BCUT2D eigenvalue weighted by Crippen LogP contribution is 2.53. The lowest BCUT2D eigenvalue weighted by Gasteiger charge is -2.23. The van der Waals surface area contributed by atoms with Crippen LogP contribution in [-0.2, 0) is 5.41 Å². The molecule has 172 valence electrons. The number of para-hydroxylation sites is 1. The SMILES string of the molecule is C=Cc1ccc2c(c1C=C)c1cc3c(cc1n2-c1ccccc1)-c1ccc2ccccc2c1C3(C)C. The Hall–Kier alpha value is -4.36. The Kier molecular flexibility index (Phi) is 4.26. The van der Waals surface area contributed by atoms with Gasteiger partial charge < -0.3 is 4.57 Å². The van der Waals surface area contributed by atoms with Crippen LogP contribution in [0.25, 0.3) is 61.5 Å². The molecule has 0 bridgehead atoms. The van der Waals surface area contributed by atoms with Gasteiger partial charge in [0.1, 0.15) is 0 Å². The summed E-state index contributed by atoms with van der Waals surface area (Å²) in [6.45, 7) is 13.0. The highest BCUT2D eigenvalue weighted by atomic mass is 15.0. The van der Waals surface area contributed by atoms with Gasteiger partial charge in [0.2, 0.25) is 0 Å². The summed E-state index contributed by atoms with van der Waals surface area (Å²) in [7, 11) is 0. The average Bonchev–Trinajstić information content (AvgIpc) is 3.36. The van der Waals surface area contributed by atoms with E-state index in [1.807, 2.05) is 12.2 Å². The molecule has 0 spiro atoms. The van der Waals surface area contributed by atoms with Gasteiger partial charge in [-0.1, -0.05) is 99.8 Å². The summed E-state index contributed by atoms with van der Waals surface area (Å²) in [5, 5.41) is 5.14. The predicted molar refractivity (Wildman–Crippen MR) is 156 cm³/mol. The Labute approximate surface area is 211 Å². The second-order valence-electron chi connectivity index (χ2n) is 10.3. The van der Waals surface area contributed by atoms with Crippen LogP contribution in [0.1, 0.15) is 36.1 Å². The smallest absolute Gasteiger partial charge is 0.0547 e. The fourth-order valence-electron chi connectivity index (χ4n) is 6.49. The number of hydrogen-bond acceptors (Lipinski definition) is 0. The van der Waals surface area contributed by atoms with Crippen molar-refractivity contribution >= 4 is 44.7 Å². The summed E-state index contributed by atoms with van der Waals surface area (Å²) in [4.78, 5) is 0. The molecule has 0 unspecified atom stereocenters. The van der Waals surface area contributed by atoms with E-state index in [1.54, 1.807) is 0 Å². The van der Waals surface area contributed by atoms with Gasteiger partial charge >= 0.3 is 0 Å². The zero-order valence-corrected chi connectivity index (χ0v) is 20.7. The Balaban J connectivity index is 1.68. The van der Waals surface area contributed by atoms with Crippen LogP contribution in [0.3, 0.4) is 0 Å². The predicted octanol–water partition coefficient (Wildman–Crippen LogP) is 9.53. The van der Waals surface area contributed by atoms with E-state index in [-0.39, 0.29) is 5.41 Å². The highest BCUT2D eigenvalue weighted by Gasteiger charge is 2.37. The van der Waals surface area contributed by atoms with Crippen molar-refractivity contribution < 1.29 is 0 Å². The van der Waals surface area contributed by atoms with Crippen molar-refractivity contribution in [2.45, 2.75) is 19.3 Å². The Bertz CT molecular complexity index is 1880. The number of fused-ring (bicyclic) bond motifs is 8. The second kappa shape index (κ2) is 7.32. The molecule has 0 saturated carbocycles. The minimum atomic E-state index is -0.106. The van der Waals surface area contributed by atoms with Crippen molar-refractivity contribution in [2.24, 2.45) is 0 Å². The molecule has 0 fully saturated rings. The zero-order valence-electron chi connectivity index (χ0n) is 20.7. The lowest BCUT2D eigenvalue weighted by atomic mass is 9.80. The Morgan fingerprint density at radius 2 is 1.47 bits per heavy atom. The van der Waals surface area contributed by atoms with Gasteiger partial charge in [-0.2, -0.15) is 0 Å². The molecule has 7 rings (SSSR count). The van der Waals surface area contributed by atoms with Crippen LogP contribution >= 0.6 is 0 Å². The van der Waals surface area contributed by atoms with Crippen molar-refractivity contribution in [3.63, 3.8) is 0 Å². The molecule has 6 aromatic rings. The third-order valence-corrected chi connectivity index (χ3v) is 8.10. The zero-order chi connectivity index (χ0) is 24.6. The fourth-order valence-corrected chi connectivity index (χ4v) is 6.49. The minimum Gasteiger partial charge on any atom is -0.309 e. The van der Waals surface area contributed by atoms with Crippen LogP contribution in [0.4, 0.5) is 0 Å². The molecule has 0 amide bonds. The molecular weight excluding hydrogens is 434 g/mol. The molecule has 1 nitrogen and oxygen atoms in total. The van der Waals surface area contributed by atoms with Crippen molar-refractivity contribution in [3.8, 4) is 16.8 Å². The van der Waals surface area contributed by atoms with Crippen molar-refractivity contribution in [1.82, 2.24) is 4.57 Å². The van der Waals surface area contributed by atoms with E-state index in [2.05, 4.69) is 123 Å². The maximum atomic E-state index is 4.19. The number of nitrogens with zero attached hydrogens (tertiary/aromatic N) is 1. The number of benzene rings is 5. The molecule has 5 aromatic carbocycles. The molecule has 1 aromatic heterocycles. The topological polar surface area (TPSA) is 4.93 Å². The molecule has 0 radical (unpaired) electrons. The number of rotatable bonds is 3. The van der Waals surface area contributed by atoms with Gasteiger partial charge in [0.25, 0.3) is 0 Å². The largest absolute Gasteiger partial charge is 0.309 e. The highest BCUT2D eigenvalue weighted by molar-refractivity contribution is 6.15. The maximum absolute atomic E-state index is 4.19. The standard InChI is InChI=1S/C35H27N/c1-5-22-17-19-31-33(25(22)6-2)29-20-30-28(21-32(29)36(31)24-13-8-7-9-14-24)27-18-16-23-12-10-11-15-26(23)34(27)35(30,3)4/h5-21H,1-2H2,3-4H3. The van der Waals surface area contributed by atoms with Crippen molar-refractivity contribution in [1.29, 1.82) is 0 Å². The third kappa shape index (κ3) is 2.60. The molecule has 1 aliphatic rings. The van der Waals surface area contributed by atoms with E-state index < -0.39 is 0 Å². The van der Waals surface area contributed by atoms with E-state index in [1.165, 1.54) is 54.8 Å². The molecule has 1 aliphatic carbocycles. The van der Waals surface area contributed by atoms with Gasteiger partial charge in [0, 0.05) is 21.9 Å². The first kappa shape index (κ1) is 21.0. The quantitative estimate of drug-likeness (QED) is 0.247. The van der Waals surface area contributed by atoms with Gasteiger partial charge in [-0.3, -0.25) is 0 Å². The van der Waals surface area contributed by atoms with E-state index in [4.69, 9.17) is 0 Å². The monoisotopic (exact) mass is 461 g/mol. The first-order valence-corrected chi connectivity index (χ1v) is 12.5. The van der Waals surface area contributed by atoms with Crippen LogP contribution in [0.5, 0.6) is 0 Å². The normalized spacial score (nSPS) is 13.7. The molecule has 36 heavy (non-hydrogen) atoms. The van der Waals surface area contributed by atoms with E-state index in [0.29, 0.717) is 0 Å². The van der Waals surface area contributed by atoms with E-state index in [0.717, 1.165) is 16.8 Å². The van der Waals surface area contributed by atoms with Crippen LogP contribution in [0, 0.1) is 0 Å². The number of aromatic nitrogens is 1. The van der Waals surface area contributed by atoms with E-state index >= 15 is 0 Å². The van der Waals surface area contributed by atoms with Gasteiger partial charge in [0.15, 0.2) is 0 Å². The van der Waals surface area contributed by atoms with Crippen LogP contribution in [0.15, 0.2) is 104 Å². The summed E-state index contributed by atoms with van der Waals surface area (Å²) in [6, 6.07) is 33.3. The molecular formula is C35H27N. The summed E-state index contributed by atoms with van der Waals surface area (Å²) < 4.78 is 2.40. The summed E-state index contributed by atoms with van der Waals surface area (Å²) in [6.07, 6.45) is 3.91. The van der Waals surface area contributed by atoms with E-state index in [9.17, 15) is 0 Å². The Morgan fingerprint density at radius 3 is 2.25 bits per heavy atom. The average molecular weight is 462 g/mol. The third-order valence-electron chi connectivity index (χ3n) is 8.10. The maximum Gasteiger partial charge on any atom is 0.0547 e. The lowest BCUT2D eigenvalue weighted by molar-refractivity contribution is 0.667.